The average molecular weight is 305 g/mol. The third kappa shape index (κ3) is 2.79. The zero-order valence-corrected chi connectivity index (χ0v) is 12.2. The number of pyridine rings is 1. The SMILES string of the molecule is Cc1ccc(C(N)C(C)c2ccncc2)cc1Br. The van der Waals surface area contributed by atoms with Crippen LogP contribution in [0.25, 0.3) is 0 Å². The fourth-order valence-electron chi connectivity index (χ4n) is 1.98. The molecule has 1 aromatic heterocycles. The van der Waals surface area contributed by atoms with Crippen molar-refractivity contribution in [2.75, 3.05) is 0 Å². The number of benzene rings is 1. The fourth-order valence-corrected chi connectivity index (χ4v) is 2.38. The van der Waals surface area contributed by atoms with Gasteiger partial charge in [0.15, 0.2) is 0 Å². The minimum absolute atomic E-state index is 0.00991. The van der Waals surface area contributed by atoms with E-state index in [1.54, 1.807) is 0 Å². The number of halogens is 1. The topological polar surface area (TPSA) is 38.9 Å². The Hall–Kier alpha value is -1.19. The van der Waals surface area contributed by atoms with Crippen LogP contribution >= 0.6 is 15.9 Å². The lowest BCUT2D eigenvalue weighted by Crippen LogP contribution is -2.17. The van der Waals surface area contributed by atoms with Crippen molar-refractivity contribution in [3.63, 3.8) is 0 Å². The first-order valence-electron chi connectivity index (χ1n) is 6.01. The van der Waals surface area contributed by atoms with E-state index in [4.69, 9.17) is 5.73 Å². The van der Waals surface area contributed by atoms with Crippen LogP contribution in [0.5, 0.6) is 0 Å². The highest BCUT2D eigenvalue weighted by Crippen LogP contribution is 2.30. The second-order valence-corrected chi connectivity index (χ2v) is 5.46. The van der Waals surface area contributed by atoms with Crippen LogP contribution in [0.3, 0.4) is 0 Å². The number of aromatic nitrogens is 1. The van der Waals surface area contributed by atoms with Crippen LogP contribution in [0.4, 0.5) is 0 Å². The third-order valence-corrected chi connectivity index (χ3v) is 4.21. The second-order valence-electron chi connectivity index (χ2n) is 4.60. The zero-order chi connectivity index (χ0) is 13.1. The fraction of sp³-hybridized carbons (Fsp3) is 0.267. The highest BCUT2D eigenvalue weighted by molar-refractivity contribution is 9.10. The van der Waals surface area contributed by atoms with Gasteiger partial charge in [-0.25, -0.2) is 0 Å². The van der Waals surface area contributed by atoms with Crippen LogP contribution in [0.1, 0.15) is 35.6 Å². The molecule has 0 aliphatic heterocycles. The lowest BCUT2D eigenvalue weighted by Gasteiger charge is -2.21. The predicted octanol–water partition coefficient (Wildman–Crippen LogP) is 3.96. The molecule has 0 spiro atoms. The number of hydrogen-bond acceptors (Lipinski definition) is 2. The first-order chi connectivity index (χ1) is 8.59. The quantitative estimate of drug-likeness (QED) is 0.932. The molecule has 0 fully saturated rings. The van der Waals surface area contributed by atoms with Gasteiger partial charge in [0, 0.05) is 28.8 Å². The summed E-state index contributed by atoms with van der Waals surface area (Å²) in [6.07, 6.45) is 3.62. The van der Waals surface area contributed by atoms with E-state index in [9.17, 15) is 0 Å². The number of hydrogen-bond donors (Lipinski definition) is 1. The smallest absolute Gasteiger partial charge is 0.0362 e. The summed E-state index contributed by atoms with van der Waals surface area (Å²) in [5, 5.41) is 0. The molecule has 3 heteroatoms. The maximum Gasteiger partial charge on any atom is 0.0362 e. The zero-order valence-electron chi connectivity index (χ0n) is 10.6. The third-order valence-electron chi connectivity index (χ3n) is 3.35. The molecular weight excluding hydrogens is 288 g/mol. The molecule has 2 aromatic rings. The summed E-state index contributed by atoms with van der Waals surface area (Å²) in [6, 6.07) is 10.3. The van der Waals surface area contributed by atoms with Gasteiger partial charge in [0.25, 0.3) is 0 Å². The van der Waals surface area contributed by atoms with Gasteiger partial charge in [0.05, 0.1) is 0 Å². The van der Waals surface area contributed by atoms with E-state index in [0.29, 0.717) is 0 Å². The lowest BCUT2D eigenvalue weighted by molar-refractivity contribution is 0.597. The van der Waals surface area contributed by atoms with Gasteiger partial charge in [0.1, 0.15) is 0 Å². The standard InChI is InChI=1S/C15H17BrN2/c1-10-3-4-13(9-14(10)16)15(17)11(2)12-5-7-18-8-6-12/h3-9,11,15H,17H2,1-2H3. The molecule has 0 saturated carbocycles. The largest absolute Gasteiger partial charge is 0.323 e. The molecule has 2 atom stereocenters. The molecule has 0 amide bonds. The van der Waals surface area contributed by atoms with E-state index in [2.05, 4.69) is 53.0 Å². The molecule has 0 aliphatic carbocycles. The summed E-state index contributed by atoms with van der Waals surface area (Å²) >= 11 is 3.55. The molecule has 2 nitrogen and oxygen atoms in total. The monoisotopic (exact) mass is 304 g/mol. The Bertz CT molecular complexity index is 525. The van der Waals surface area contributed by atoms with Crippen molar-refractivity contribution in [2.24, 2.45) is 5.73 Å². The van der Waals surface area contributed by atoms with Crippen molar-refractivity contribution in [3.05, 3.63) is 63.9 Å². The summed E-state index contributed by atoms with van der Waals surface area (Å²) < 4.78 is 1.11. The maximum atomic E-state index is 6.35. The normalized spacial score (nSPS) is 14.2. The van der Waals surface area contributed by atoms with Crippen LogP contribution in [0, 0.1) is 6.92 Å². The molecule has 18 heavy (non-hydrogen) atoms. The molecule has 0 bridgehead atoms. The highest BCUT2D eigenvalue weighted by Gasteiger charge is 2.17. The van der Waals surface area contributed by atoms with Gasteiger partial charge in [-0.2, -0.15) is 0 Å². The second kappa shape index (κ2) is 5.63. The molecule has 0 saturated heterocycles. The van der Waals surface area contributed by atoms with Gasteiger partial charge < -0.3 is 5.73 Å². The van der Waals surface area contributed by atoms with Gasteiger partial charge in [-0.15, -0.1) is 0 Å². The Morgan fingerprint density at radius 2 is 1.78 bits per heavy atom. The van der Waals surface area contributed by atoms with E-state index < -0.39 is 0 Å². The van der Waals surface area contributed by atoms with Gasteiger partial charge in [-0.1, -0.05) is 35.0 Å². The number of nitrogens with two attached hydrogens (primary N) is 1. The summed E-state index contributed by atoms with van der Waals surface area (Å²) in [5.41, 5.74) is 9.94. The van der Waals surface area contributed by atoms with Crippen LogP contribution in [0.15, 0.2) is 47.2 Å². The van der Waals surface area contributed by atoms with Crippen LogP contribution < -0.4 is 5.73 Å². The van der Waals surface area contributed by atoms with Gasteiger partial charge in [-0.3, -0.25) is 4.98 Å². The molecule has 2 rings (SSSR count). The molecule has 2 N–H and O–H groups in total. The lowest BCUT2D eigenvalue weighted by atomic mass is 9.89. The molecular formula is C15H17BrN2. The molecule has 94 valence electrons. The Morgan fingerprint density at radius 1 is 1.11 bits per heavy atom. The van der Waals surface area contributed by atoms with Crippen molar-refractivity contribution in [3.8, 4) is 0 Å². The molecule has 1 heterocycles. The van der Waals surface area contributed by atoms with E-state index in [1.807, 2.05) is 24.5 Å². The minimum atomic E-state index is -0.00991. The molecule has 2 unspecified atom stereocenters. The first kappa shape index (κ1) is 13.2. The Kier molecular flexibility index (Phi) is 4.15. The summed E-state index contributed by atoms with van der Waals surface area (Å²) in [5.74, 6) is 0.266. The molecule has 1 aromatic carbocycles. The highest BCUT2D eigenvalue weighted by atomic mass is 79.9. The minimum Gasteiger partial charge on any atom is -0.323 e. The summed E-state index contributed by atoms with van der Waals surface area (Å²) in [6.45, 7) is 4.22. The van der Waals surface area contributed by atoms with Crippen molar-refractivity contribution >= 4 is 15.9 Å². The Balaban J connectivity index is 2.25. The number of aryl methyl sites for hydroxylation is 1. The van der Waals surface area contributed by atoms with Gasteiger partial charge in [0.2, 0.25) is 0 Å². The molecule has 0 radical (unpaired) electrons. The molecule has 0 aliphatic rings. The first-order valence-corrected chi connectivity index (χ1v) is 6.80. The Labute approximate surface area is 116 Å². The van der Waals surface area contributed by atoms with Crippen molar-refractivity contribution in [2.45, 2.75) is 25.8 Å². The van der Waals surface area contributed by atoms with Gasteiger partial charge >= 0.3 is 0 Å². The van der Waals surface area contributed by atoms with Crippen LogP contribution in [-0.4, -0.2) is 4.98 Å². The van der Waals surface area contributed by atoms with E-state index >= 15 is 0 Å². The average Bonchev–Trinajstić information content (AvgIpc) is 2.41. The van der Waals surface area contributed by atoms with Crippen LogP contribution in [-0.2, 0) is 0 Å². The van der Waals surface area contributed by atoms with E-state index in [-0.39, 0.29) is 12.0 Å². The number of rotatable bonds is 3. The summed E-state index contributed by atoms with van der Waals surface area (Å²) in [4.78, 5) is 4.04. The van der Waals surface area contributed by atoms with Crippen molar-refractivity contribution in [1.29, 1.82) is 0 Å². The summed E-state index contributed by atoms with van der Waals surface area (Å²) in [7, 11) is 0. The number of nitrogens with zero attached hydrogens (tertiary/aromatic N) is 1. The Morgan fingerprint density at radius 3 is 2.39 bits per heavy atom. The van der Waals surface area contributed by atoms with Crippen LogP contribution in [0.2, 0.25) is 0 Å². The predicted molar refractivity (Wildman–Crippen MR) is 78.5 cm³/mol. The van der Waals surface area contributed by atoms with E-state index in [0.717, 1.165) is 10.0 Å². The van der Waals surface area contributed by atoms with Gasteiger partial charge in [-0.05, 0) is 41.8 Å². The van der Waals surface area contributed by atoms with Crippen molar-refractivity contribution in [1.82, 2.24) is 4.98 Å². The maximum absolute atomic E-state index is 6.35. The van der Waals surface area contributed by atoms with Crippen molar-refractivity contribution < 1.29 is 0 Å². The van der Waals surface area contributed by atoms with E-state index in [1.165, 1.54) is 11.1 Å².